The number of hydrogen-bond acceptors (Lipinski definition) is 8. The van der Waals surface area contributed by atoms with Gasteiger partial charge in [-0.3, -0.25) is 0 Å². The number of rotatable bonds is 2. The summed E-state index contributed by atoms with van der Waals surface area (Å²) in [5, 5.41) is 5.60. The van der Waals surface area contributed by atoms with E-state index in [4.69, 9.17) is 28.7 Å². The minimum atomic E-state index is -0.410. The molecule has 2 aliphatic rings. The topological polar surface area (TPSA) is 145 Å². The van der Waals surface area contributed by atoms with Gasteiger partial charge in [0.05, 0.1) is 6.04 Å². The van der Waals surface area contributed by atoms with Crippen LogP contribution in [0.3, 0.4) is 0 Å². The minimum absolute atomic E-state index is 0.162. The van der Waals surface area contributed by atoms with Gasteiger partial charge in [0.15, 0.2) is 0 Å². The van der Waals surface area contributed by atoms with E-state index in [0.717, 1.165) is 25.7 Å². The lowest BCUT2D eigenvalue weighted by Crippen LogP contribution is -2.37. The van der Waals surface area contributed by atoms with Crippen molar-refractivity contribution >= 4 is 24.5 Å². The molecule has 2 rings (SSSR count). The Morgan fingerprint density at radius 1 is 0.781 bits per heavy atom. The van der Waals surface area contributed by atoms with Gasteiger partial charge in [-0.15, -0.1) is 0 Å². The highest BCUT2D eigenvalue weighted by atomic mass is 16.6. The molecule has 0 aromatic heterocycles. The van der Waals surface area contributed by atoms with Crippen LogP contribution in [0.15, 0.2) is 24.3 Å². The normalized spacial score (nSPS) is 16.4. The second-order valence-corrected chi connectivity index (χ2v) is 8.71. The summed E-state index contributed by atoms with van der Waals surface area (Å²) in [6.07, 6.45) is 11.9. The molecular formula is C22H34N2O8. The molecule has 0 fully saturated rings. The van der Waals surface area contributed by atoms with Gasteiger partial charge in [0.1, 0.15) is 11.2 Å². The fourth-order valence-corrected chi connectivity index (χ4v) is 2.42. The summed E-state index contributed by atoms with van der Waals surface area (Å²) in [5.41, 5.74) is -0.817. The Bertz CT molecular complexity index is 670. The Morgan fingerprint density at radius 3 is 1.53 bits per heavy atom. The number of carbonyl (C=O) groups excluding carboxylic acids is 6. The van der Waals surface area contributed by atoms with Gasteiger partial charge in [-0.25, -0.2) is 9.59 Å². The fourth-order valence-electron chi connectivity index (χ4n) is 2.42. The molecule has 2 aliphatic carbocycles. The molecule has 0 heterocycles. The molecule has 10 heteroatoms. The second-order valence-electron chi connectivity index (χ2n) is 8.71. The zero-order valence-corrected chi connectivity index (χ0v) is 19.6. The largest absolute Gasteiger partial charge is 0.444 e. The van der Waals surface area contributed by atoms with Crippen molar-refractivity contribution in [1.82, 2.24) is 10.6 Å². The van der Waals surface area contributed by atoms with E-state index < -0.39 is 11.2 Å². The molecule has 32 heavy (non-hydrogen) atoms. The van der Waals surface area contributed by atoms with Crippen LogP contribution in [-0.4, -0.2) is 47.8 Å². The van der Waals surface area contributed by atoms with Gasteiger partial charge in [0.25, 0.3) is 0 Å². The van der Waals surface area contributed by atoms with E-state index in [9.17, 15) is 9.59 Å². The maximum absolute atomic E-state index is 11.3. The van der Waals surface area contributed by atoms with E-state index in [1.54, 1.807) is 0 Å². The average molecular weight is 455 g/mol. The van der Waals surface area contributed by atoms with Crippen LogP contribution in [0.1, 0.15) is 67.2 Å². The molecule has 180 valence electrons. The van der Waals surface area contributed by atoms with Crippen LogP contribution < -0.4 is 10.6 Å². The molecule has 10 nitrogen and oxygen atoms in total. The monoisotopic (exact) mass is 454 g/mol. The van der Waals surface area contributed by atoms with Gasteiger partial charge in [-0.2, -0.15) is 19.2 Å². The molecule has 0 radical (unpaired) electrons. The Labute approximate surface area is 188 Å². The van der Waals surface area contributed by atoms with E-state index in [0.29, 0.717) is 0 Å². The Morgan fingerprint density at radius 2 is 1.19 bits per heavy atom. The summed E-state index contributed by atoms with van der Waals surface area (Å²) >= 11 is 0. The molecule has 0 unspecified atom stereocenters. The molecule has 0 aromatic carbocycles. The zero-order chi connectivity index (χ0) is 25.2. The lowest BCUT2D eigenvalue weighted by molar-refractivity contribution is -0.193. The maximum Gasteiger partial charge on any atom is 0.408 e. The quantitative estimate of drug-likeness (QED) is 0.605. The van der Waals surface area contributed by atoms with Gasteiger partial charge in [-0.05, 0) is 67.2 Å². The van der Waals surface area contributed by atoms with E-state index in [2.05, 4.69) is 28.9 Å². The molecule has 0 spiro atoms. The molecule has 1 atom stereocenters. The molecule has 0 saturated heterocycles. The molecule has 0 bridgehead atoms. The van der Waals surface area contributed by atoms with Gasteiger partial charge < -0.3 is 20.1 Å². The van der Waals surface area contributed by atoms with Crippen molar-refractivity contribution in [3.8, 4) is 0 Å². The van der Waals surface area contributed by atoms with Crippen LogP contribution in [0.4, 0.5) is 9.59 Å². The molecule has 2 amide bonds. The predicted octanol–water partition coefficient (Wildman–Crippen LogP) is 3.29. The first kappa shape index (κ1) is 31.0. The minimum Gasteiger partial charge on any atom is -0.444 e. The molecular weight excluding hydrogens is 420 g/mol. The Hall–Kier alpha value is -3.22. The Kier molecular flexibility index (Phi) is 15.9. The summed E-state index contributed by atoms with van der Waals surface area (Å²) in [5.74, 6) is 0. The number of nitrogens with one attached hydrogen (secondary N) is 2. The maximum atomic E-state index is 11.3. The molecule has 0 saturated carbocycles. The third-order valence-corrected chi connectivity index (χ3v) is 3.44. The smallest absolute Gasteiger partial charge is 0.408 e. The van der Waals surface area contributed by atoms with E-state index in [1.807, 2.05) is 47.6 Å². The highest BCUT2D eigenvalue weighted by Gasteiger charge is 2.20. The lowest BCUT2D eigenvalue weighted by atomic mass is 10.2. The summed E-state index contributed by atoms with van der Waals surface area (Å²) < 4.78 is 10.2. The lowest BCUT2D eigenvalue weighted by Gasteiger charge is -2.21. The number of amides is 2. The van der Waals surface area contributed by atoms with Gasteiger partial charge in [0.2, 0.25) is 0 Å². The van der Waals surface area contributed by atoms with Crippen molar-refractivity contribution in [2.75, 3.05) is 0 Å². The summed E-state index contributed by atoms with van der Waals surface area (Å²) in [7, 11) is 0. The molecule has 0 aromatic rings. The Balaban J connectivity index is 0. The predicted molar refractivity (Wildman–Crippen MR) is 113 cm³/mol. The van der Waals surface area contributed by atoms with Crippen LogP contribution in [-0.2, 0) is 28.7 Å². The summed E-state index contributed by atoms with van der Waals surface area (Å²) in [6.45, 7) is 11.2. The number of carbonyl (C=O) groups is 2. The average Bonchev–Trinajstić information content (AvgIpc) is 3.27. The standard InChI is InChI=1S/2C10H17NO2.2CO2/c2*1-10(2,3)13-9(12)11-8-6-4-5-7-8;2*2-1-3/h4,6,8H,5,7H2,1-3H3,(H,11,12);4-5,8H,6-7H2,1-3H3,(H,11,12);;/t8-;;;/m1.../s1. The molecule has 2 N–H and O–H groups in total. The highest BCUT2D eigenvalue weighted by molar-refractivity contribution is 5.68. The number of alkyl carbamates (subject to hydrolysis) is 2. The summed E-state index contributed by atoms with van der Waals surface area (Å²) in [6, 6.07) is 0.393. The van der Waals surface area contributed by atoms with E-state index in [1.165, 1.54) is 0 Å². The van der Waals surface area contributed by atoms with Crippen LogP contribution in [0.5, 0.6) is 0 Å². The van der Waals surface area contributed by atoms with Gasteiger partial charge in [-0.1, -0.05) is 24.3 Å². The fraction of sp³-hybridized carbons (Fsp3) is 0.636. The highest BCUT2D eigenvalue weighted by Crippen LogP contribution is 2.12. The summed E-state index contributed by atoms with van der Waals surface area (Å²) in [4.78, 5) is 55.0. The first-order chi connectivity index (χ1) is 14.8. The van der Waals surface area contributed by atoms with Crippen molar-refractivity contribution in [3.05, 3.63) is 24.3 Å². The van der Waals surface area contributed by atoms with E-state index in [-0.39, 0.29) is 36.6 Å². The van der Waals surface area contributed by atoms with Crippen LogP contribution in [0, 0.1) is 0 Å². The SMILES string of the molecule is CC(C)(C)OC(=O)NC1CC=CC1.CC(C)(C)OC(=O)N[C@@H]1C=CCC1.O=C=O.O=C=O. The molecule has 0 aliphatic heterocycles. The number of allylic oxidation sites excluding steroid dienone is 1. The van der Waals surface area contributed by atoms with Crippen LogP contribution in [0.2, 0.25) is 0 Å². The van der Waals surface area contributed by atoms with Crippen LogP contribution in [0.25, 0.3) is 0 Å². The van der Waals surface area contributed by atoms with E-state index >= 15 is 0 Å². The van der Waals surface area contributed by atoms with Crippen molar-refractivity contribution in [2.45, 2.75) is 90.5 Å². The first-order valence-corrected chi connectivity index (χ1v) is 10.1. The van der Waals surface area contributed by atoms with Gasteiger partial charge in [0, 0.05) is 6.04 Å². The van der Waals surface area contributed by atoms with Crippen molar-refractivity contribution < 1.29 is 38.2 Å². The van der Waals surface area contributed by atoms with Crippen molar-refractivity contribution in [2.24, 2.45) is 0 Å². The second kappa shape index (κ2) is 16.5. The zero-order valence-electron chi connectivity index (χ0n) is 19.6. The third kappa shape index (κ3) is 21.5. The van der Waals surface area contributed by atoms with Crippen molar-refractivity contribution in [1.29, 1.82) is 0 Å². The third-order valence-electron chi connectivity index (χ3n) is 3.44. The van der Waals surface area contributed by atoms with Gasteiger partial charge >= 0.3 is 24.5 Å². The number of ether oxygens (including phenoxy) is 2. The van der Waals surface area contributed by atoms with Crippen molar-refractivity contribution in [3.63, 3.8) is 0 Å². The first-order valence-electron chi connectivity index (χ1n) is 10.1. The van der Waals surface area contributed by atoms with Crippen LogP contribution >= 0.6 is 0 Å². The number of hydrogen-bond donors (Lipinski definition) is 2.